The molecule has 3 atom stereocenters. The Labute approximate surface area is 124 Å². The van der Waals surface area contributed by atoms with Crippen LogP contribution < -0.4 is 10.6 Å². The van der Waals surface area contributed by atoms with Gasteiger partial charge in [0.25, 0.3) is 0 Å². The van der Waals surface area contributed by atoms with Crippen LogP contribution in [0.5, 0.6) is 0 Å². The van der Waals surface area contributed by atoms with Crippen molar-refractivity contribution in [2.24, 2.45) is 0 Å². The number of morpholine rings is 1. The van der Waals surface area contributed by atoms with Gasteiger partial charge in [0.05, 0.1) is 13.2 Å². The molecule has 1 fully saturated rings. The average Bonchev–Trinajstić information content (AvgIpc) is 2.40. The molecule has 1 aliphatic heterocycles. The van der Waals surface area contributed by atoms with E-state index in [9.17, 15) is 0 Å². The molecule has 0 bridgehead atoms. The summed E-state index contributed by atoms with van der Waals surface area (Å²) < 4.78 is 6.66. The topological polar surface area (TPSA) is 33.3 Å². The van der Waals surface area contributed by atoms with E-state index in [0.717, 1.165) is 26.2 Å². The SMILES string of the molecule is CC(CC1COCCN1)N[C@@H](C)c1ccccc1Br. The molecule has 106 valence electrons. The quantitative estimate of drug-likeness (QED) is 0.872. The van der Waals surface area contributed by atoms with Crippen LogP contribution in [0, 0.1) is 0 Å². The van der Waals surface area contributed by atoms with Crippen molar-refractivity contribution in [3.05, 3.63) is 34.3 Å². The summed E-state index contributed by atoms with van der Waals surface area (Å²) in [5.41, 5.74) is 1.31. The third-order valence-corrected chi connectivity index (χ3v) is 4.26. The fourth-order valence-corrected chi connectivity index (χ4v) is 3.24. The Hall–Kier alpha value is -0.420. The first-order chi connectivity index (χ1) is 9.16. The number of ether oxygens (including phenoxy) is 1. The summed E-state index contributed by atoms with van der Waals surface area (Å²) in [5, 5.41) is 7.16. The highest BCUT2D eigenvalue weighted by Gasteiger charge is 2.18. The fourth-order valence-electron chi connectivity index (χ4n) is 2.61. The van der Waals surface area contributed by atoms with Crippen molar-refractivity contribution in [2.45, 2.75) is 38.4 Å². The van der Waals surface area contributed by atoms with Crippen molar-refractivity contribution in [1.82, 2.24) is 10.6 Å². The van der Waals surface area contributed by atoms with Gasteiger partial charge in [-0.05, 0) is 31.9 Å². The second kappa shape index (κ2) is 7.39. The van der Waals surface area contributed by atoms with Crippen LogP contribution in [-0.2, 0) is 4.74 Å². The molecular formula is C15H23BrN2O. The maximum absolute atomic E-state index is 5.49. The van der Waals surface area contributed by atoms with Crippen LogP contribution in [0.3, 0.4) is 0 Å². The summed E-state index contributed by atoms with van der Waals surface area (Å²) in [4.78, 5) is 0. The summed E-state index contributed by atoms with van der Waals surface area (Å²) in [6.45, 7) is 7.09. The molecule has 19 heavy (non-hydrogen) atoms. The van der Waals surface area contributed by atoms with E-state index in [1.165, 1.54) is 10.0 Å². The third-order valence-electron chi connectivity index (χ3n) is 3.54. The molecule has 2 N–H and O–H groups in total. The molecule has 0 radical (unpaired) electrons. The number of rotatable bonds is 5. The molecular weight excluding hydrogens is 304 g/mol. The molecule has 0 aromatic heterocycles. The first kappa shape index (κ1) is 15.0. The van der Waals surface area contributed by atoms with Crippen LogP contribution in [-0.4, -0.2) is 31.8 Å². The van der Waals surface area contributed by atoms with E-state index >= 15 is 0 Å². The zero-order valence-electron chi connectivity index (χ0n) is 11.7. The van der Waals surface area contributed by atoms with Gasteiger partial charge in [0, 0.05) is 29.1 Å². The van der Waals surface area contributed by atoms with Gasteiger partial charge in [-0.3, -0.25) is 0 Å². The summed E-state index contributed by atoms with van der Waals surface area (Å²) >= 11 is 3.61. The molecule has 1 heterocycles. The summed E-state index contributed by atoms with van der Waals surface area (Å²) in [5.74, 6) is 0. The van der Waals surface area contributed by atoms with E-state index in [0.29, 0.717) is 18.1 Å². The van der Waals surface area contributed by atoms with E-state index < -0.39 is 0 Å². The van der Waals surface area contributed by atoms with Crippen molar-refractivity contribution >= 4 is 15.9 Å². The standard InChI is InChI=1S/C15H23BrN2O/c1-11(9-13-10-19-8-7-17-13)18-12(2)14-5-3-4-6-15(14)16/h3-6,11-13,17-18H,7-10H2,1-2H3/t11?,12-,13?/m0/s1. The van der Waals surface area contributed by atoms with Crippen LogP contribution in [0.25, 0.3) is 0 Å². The minimum atomic E-state index is 0.343. The number of nitrogens with one attached hydrogen (secondary N) is 2. The molecule has 1 aliphatic rings. The van der Waals surface area contributed by atoms with Crippen LogP contribution in [0.15, 0.2) is 28.7 Å². The third kappa shape index (κ3) is 4.56. The van der Waals surface area contributed by atoms with Gasteiger partial charge in [0.15, 0.2) is 0 Å². The van der Waals surface area contributed by atoms with Gasteiger partial charge < -0.3 is 15.4 Å². The summed E-state index contributed by atoms with van der Waals surface area (Å²) in [7, 11) is 0. The van der Waals surface area contributed by atoms with E-state index in [-0.39, 0.29) is 0 Å². The van der Waals surface area contributed by atoms with E-state index in [4.69, 9.17) is 4.74 Å². The Kier molecular flexibility index (Phi) is 5.82. The molecule has 0 saturated carbocycles. The Morgan fingerprint density at radius 1 is 1.42 bits per heavy atom. The lowest BCUT2D eigenvalue weighted by atomic mass is 10.0. The molecule has 0 aliphatic carbocycles. The molecule has 0 amide bonds. The van der Waals surface area contributed by atoms with Gasteiger partial charge in [0.2, 0.25) is 0 Å². The molecule has 1 saturated heterocycles. The van der Waals surface area contributed by atoms with Crippen molar-refractivity contribution in [3.8, 4) is 0 Å². The van der Waals surface area contributed by atoms with Gasteiger partial charge in [-0.2, -0.15) is 0 Å². The molecule has 0 spiro atoms. The van der Waals surface area contributed by atoms with Crippen LogP contribution in [0.1, 0.15) is 31.9 Å². The normalized spacial score (nSPS) is 23.0. The van der Waals surface area contributed by atoms with Gasteiger partial charge in [-0.1, -0.05) is 34.1 Å². The lowest BCUT2D eigenvalue weighted by Gasteiger charge is -2.28. The fraction of sp³-hybridized carbons (Fsp3) is 0.600. The largest absolute Gasteiger partial charge is 0.379 e. The number of benzene rings is 1. The number of hydrogen-bond acceptors (Lipinski definition) is 3. The second-order valence-corrected chi connectivity index (χ2v) is 6.13. The number of halogens is 1. The van der Waals surface area contributed by atoms with E-state index in [1.54, 1.807) is 0 Å². The van der Waals surface area contributed by atoms with Crippen molar-refractivity contribution in [2.75, 3.05) is 19.8 Å². The number of hydrogen-bond donors (Lipinski definition) is 2. The maximum Gasteiger partial charge on any atom is 0.0620 e. The molecule has 3 nitrogen and oxygen atoms in total. The molecule has 4 heteroatoms. The van der Waals surface area contributed by atoms with E-state index in [1.807, 2.05) is 6.07 Å². The molecule has 1 aromatic carbocycles. The highest BCUT2D eigenvalue weighted by Crippen LogP contribution is 2.23. The first-order valence-electron chi connectivity index (χ1n) is 6.98. The average molecular weight is 327 g/mol. The summed E-state index contributed by atoms with van der Waals surface area (Å²) in [6, 6.07) is 9.66. The molecule has 1 aromatic rings. The van der Waals surface area contributed by atoms with Gasteiger partial charge in [-0.15, -0.1) is 0 Å². The van der Waals surface area contributed by atoms with Crippen molar-refractivity contribution in [1.29, 1.82) is 0 Å². The zero-order valence-corrected chi connectivity index (χ0v) is 13.2. The predicted octanol–water partition coefficient (Wildman–Crippen LogP) is 2.87. The highest BCUT2D eigenvalue weighted by molar-refractivity contribution is 9.10. The van der Waals surface area contributed by atoms with Crippen molar-refractivity contribution < 1.29 is 4.74 Å². The molecule has 2 rings (SSSR count). The Balaban J connectivity index is 1.84. The van der Waals surface area contributed by atoms with E-state index in [2.05, 4.69) is 58.6 Å². The smallest absolute Gasteiger partial charge is 0.0620 e. The van der Waals surface area contributed by atoms with Gasteiger partial charge in [0.1, 0.15) is 0 Å². The summed E-state index contributed by atoms with van der Waals surface area (Å²) in [6.07, 6.45) is 1.09. The Morgan fingerprint density at radius 3 is 2.89 bits per heavy atom. The minimum absolute atomic E-state index is 0.343. The van der Waals surface area contributed by atoms with Crippen LogP contribution in [0.4, 0.5) is 0 Å². The predicted molar refractivity (Wildman–Crippen MR) is 82.4 cm³/mol. The van der Waals surface area contributed by atoms with Crippen LogP contribution in [0.2, 0.25) is 0 Å². The monoisotopic (exact) mass is 326 g/mol. The Bertz CT molecular complexity index is 393. The second-order valence-electron chi connectivity index (χ2n) is 5.27. The zero-order chi connectivity index (χ0) is 13.7. The minimum Gasteiger partial charge on any atom is -0.379 e. The first-order valence-corrected chi connectivity index (χ1v) is 7.77. The highest BCUT2D eigenvalue weighted by atomic mass is 79.9. The lowest BCUT2D eigenvalue weighted by molar-refractivity contribution is 0.0708. The van der Waals surface area contributed by atoms with Gasteiger partial charge >= 0.3 is 0 Å². The van der Waals surface area contributed by atoms with Crippen molar-refractivity contribution in [3.63, 3.8) is 0 Å². The molecule has 2 unspecified atom stereocenters. The lowest BCUT2D eigenvalue weighted by Crippen LogP contribution is -2.45. The van der Waals surface area contributed by atoms with Crippen LogP contribution >= 0.6 is 15.9 Å². The van der Waals surface area contributed by atoms with Gasteiger partial charge in [-0.25, -0.2) is 0 Å². The maximum atomic E-state index is 5.49. The Morgan fingerprint density at radius 2 is 2.21 bits per heavy atom.